The van der Waals surface area contributed by atoms with E-state index in [1.807, 2.05) is 12.1 Å². The number of hydrogen-bond acceptors (Lipinski definition) is 1. The van der Waals surface area contributed by atoms with Gasteiger partial charge in [-0.3, -0.25) is 4.79 Å². The zero-order valence-corrected chi connectivity index (χ0v) is 10.5. The molecule has 3 atom stereocenters. The van der Waals surface area contributed by atoms with Crippen LogP contribution in [0.5, 0.6) is 0 Å². The Morgan fingerprint density at radius 2 is 1.94 bits per heavy atom. The largest absolute Gasteiger partial charge is 0.295 e. The quantitative estimate of drug-likeness (QED) is 0.718. The predicted octanol–water partition coefficient (Wildman–Crippen LogP) is 3.87. The van der Waals surface area contributed by atoms with Gasteiger partial charge in [-0.25, -0.2) is 0 Å². The Labute approximate surface area is 103 Å². The van der Waals surface area contributed by atoms with Crippen LogP contribution >= 0.6 is 0 Å². The van der Waals surface area contributed by atoms with Crippen LogP contribution in [0.3, 0.4) is 0 Å². The average Bonchev–Trinajstić information content (AvgIpc) is 2.91. The van der Waals surface area contributed by atoms with Crippen LogP contribution in [0, 0.1) is 17.8 Å². The molecule has 90 valence electrons. The van der Waals surface area contributed by atoms with Gasteiger partial charge in [0.2, 0.25) is 0 Å². The minimum absolute atomic E-state index is 0.163. The van der Waals surface area contributed by atoms with Gasteiger partial charge in [-0.2, -0.15) is 0 Å². The monoisotopic (exact) mass is 228 g/mol. The highest BCUT2D eigenvalue weighted by atomic mass is 16.1. The first-order valence-electron chi connectivity index (χ1n) is 6.82. The number of hydrogen-bond donors (Lipinski definition) is 0. The van der Waals surface area contributed by atoms with Gasteiger partial charge in [0.05, 0.1) is 0 Å². The van der Waals surface area contributed by atoms with E-state index < -0.39 is 0 Å². The fourth-order valence-corrected chi connectivity index (χ4v) is 3.80. The second-order valence-electron chi connectivity index (χ2n) is 5.89. The third kappa shape index (κ3) is 2.15. The third-order valence-electron chi connectivity index (χ3n) is 4.74. The molecule has 0 N–H and O–H groups in total. The van der Waals surface area contributed by atoms with Crippen molar-refractivity contribution in [3.05, 3.63) is 35.4 Å². The minimum atomic E-state index is 0.163. The summed E-state index contributed by atoms with van der Waals surface area (Å²) in [6.45, 7) is 1.63. The van der Waals surface area contributed by atoms with Gasteiger partial charge < -0.3 is 0 Å². The molecule has 1 aromatic carbocycles. The van der Waals surface area contributed by atoms with E-state index in [1.54, 1.807) is 6.92 Å². The first-order chi connectivity index (χ1) is 8.22. The van der Waals surface area contributed by atoms with Gasteiger partial charge in [-0.05, 0) is 55.9 Å². The van der Waals surface area contributed by atoms with Gasteiger partial charge in [0.15, 0.2) is 5.78 Å². The molecule has 0 aromatic heterocycles. The number of benzene rings is 1. The molecule has 2 aliphatic carbocycles. The smallest absolute Gasteiger partial charge is 0.159 e. The van der Waals surface area contributed by atoms with Crippen LogP contribution in [0.1, 0.15) is 48.5 Å². The van der Waals surface area contributed by atoms with Crippen molar-refractivity contribution in [3.63, 3.8) is 0 Å². The fraction of sp³-hybridized carbons (Fsp3) is 0.562. The highest BCUT2D eigenvalue weighted by molar-refractivity contribution is 5.93. The summed E-state index contributed by atoms with van der Waals surface area (Å²) in [6, 6.07) is 8.24. The van der Waals surface area contributed by atoms with Crippen molar-refractivity contribution in [1.82, 2.24) is 0 Å². The van der Waals surface area contributed by atoms with Gasteiger partial charge in [0, 0.05) is 5.56 Å². The van der Waals surface area contributed by atoms with Crippen LogP contribution < -0.4 is 0 Å². The van der Waals surface area contributed by atoms with Gasteiger partial charge in [-0.1, -0.05) is 30.7 Å². The van der Waals surface area contributed by atoms with Crippen LogP contribution in [0.15, 0.2) is 24.3 Å². The minimum Gasteiger partial charge on any atom is -0.295 e. The number of ketones is 1. The molecule has 0 amide bonds. The van der Waals surface area contributed by atoms with Crippen LogP contribution in [0.4, 0.5) is 0 Å². The molecule has 2 aliphatic rings. The second-order valence-corrected chi connectivity index (χ2v) is 5.89. The Kier molecular flexibility index (Phi) is 2.78. The van der Waals surface area contributed by atoms with E-state index >= 15 is 0 Å². The molecule has 1 aromatic rings. The number of carbonyl (C=O) groups is 1. The van der Waals surface area contributed by atoms with E-state index in [2.05, 4.69) is 12.1 Å². The fourth-order valence-electron chi connectivity index (χ4n) is 3.80. The molecule has 3 unspecified atom stereocenters. The maximum Gasteiger partial charge on any atom is 0.159 e. The average molecular weight is 228 g/mol. The topological polar surface area (TPSA) is 17.1 Å². The lowest BCUT2D eigenvalue weighted by Gasteiger charge is -2.21. The van der Waals surface area contributed by atoms with E-state index in [4.69, 9.17) is 0 Å². The Morgan fingerprint density at radius 3 is 2.47 bits per heavy atom. The Balaban J connectivity index is 1.67. The Hall–Kier alpha value is -1.11. The third-order valence-corrected chi connectivity index (χ3v) is 4.74. The van der Waals surface area contributed by atoms with Gasteiger partial charge in [0.1, 0.15) is 0 Å². The van der Waals surface area contributed by atoms with E-state index in [9.17, 15) is 4.79 Å². The number of rotatable bonds is 3. The van der Waals surface area contributed by atoms with Crippen molar-refractivity contribution >= 4 is 5.78 Å². The summed E-state index contributed by atoms with van der Waals surface area (Å²) in [5.41, 5.74) is 2.24. The summed E-state index contributed by atoms with van der Waals surface area (Å²) in [7, 11) is 0. The van der Waals surface area contributed by atoms with Gasteiger partial charge in [-0.15, -0.1) is 0 Å². The molecule has 0 saturated heterocycles. The lowest BCUT2D eigenvalue weighted by Crippen LogP contribution is -2.13. The first kappa shape index (κ1) is 11.0. The van der Waals surface area contributed by atoms with Crippen molar-refractivity contribution in [2.24, 2.45) is 17.8 Å². The molecular weight excluding hydrogens is 208 g/mol. The van der Waals surface area contributed by atoms with Crippen molar-refractivity contribution in [1.29, 1.82) is 0 Å². The molecule has 1 nitrogen and oxygen atoms in total. The van der Waals surface area contributed by atoms with E-state index in [1.165, 1.54) is 37.7 Å². The summed E-state index contributed by atoms with van der Waals surface area (Å²) in [5, 5.41) is 0. The van der Waals surface area contributed by atoms with Crippen LogP contribution in [0.2, 0.25) is 0 Å². The summed E-state index contributed by atoms with van der Waals surface area (Å²) < 4.78 is 0. The zero-order valence-electron chi connectivity index (χ0n) is 10.5. The van der Waals surface area contributed by atoms with Gasteiger partial charge in [0.25, 0.3) is 0 Å². The number of carbonyl (C=O) groups excluding carboxylic acids is 1. The standard InChI is InChI=1S/C16H20O/c1-11(17)14-5-2-12(3-6-14)8-16-10-13-4-7-15(16)9-13/h2-3,5-6,13,15-16H,4,7-10H2,1H3. The summed E-state index contributed by atoms with van der Waals surface area (Å²) in [4.78, 5) is 11.2. The predicted molar refractivity (Wildman–Crippen MR) is 69.1 cm³/mol. The van der Waals surface area contributed by atoms with E-state index in [0.29, 0.717) is 0 Å². The summed E-state index contributed by atoms with van der Waals surface area (Å²) >= 11 is 0. The Bertz CT molecular complexity index is 418. The molecule has 2 saturated carbocycles. The zero-order chi connectivity index (χ0) is 11.8. The number of fused-ring (bicyclic) bond motifs is 2. The lowest BCUT2D eigenvalue weighted by atomic mass is 9.84. The van der Waals surface area contributed by atoms with E-state index in [0.717, 1.165) is 23.3 Å². The van der Waals surface area contributed by atoms with Crippen molar-refractivity contribution in [2.45, 2.75) is 39.0 Å². The van der Waals surface area contributed by atoms with Crippen molar-refractivity contribution < 1.29 is 4.79 Å². The van der Waals surface area contributed by atoms with Crippen LogP contribution in [-0.2, 0) is 6.42 Å². The van der Waals surface area contributed by atoms with Crippen LogP contribution in [0.25, 0.3) is 0 Å². The van der Waals surface area contributed by atoms with Crippen molar-refractivity contribution in [2.75, 3.05) is 0 Å². The maximum atomic E-state index is 11.2. The molecular formula is C16H20O. The first-order valence-corrected chi connectivity index (χ1v) is 6.82. The van der Waals surface area contributed by atoms with Gasteiger partial charge >= 0.3 is 0 Å². The molecule has 17 heavy (non-hydrogen) atoms. The van der Waals surface area contributed by atoms with E-state index in [-0.39, 0.29) is 5.78 Å². The molecule has 2 bridgehead atoms. The number of Topliss-reactive ketones (excluding diaryl/α,β-unsaturated/α-hetero) is 1. The summed E-state index contributed by atoms with van der Waals surface area (Å²) in [5.74, 6) is 3.10. The summed E-state index contributed by atoms with van der Waals surface area (Å²) in [6.07, 6.45) is 7.08. The molecule has 0 spiro atoms. The molecule has 0 radical (unpaired) electrons. The molecule has 0 aliphatic heterocycles. The highest BCUT2D eigenvalue weighted by Gasteiger charge is 2.38. The highest BCUT2D eigenvalue weighted by Crippen LogP contribution is 2.49. The molecule has 2 fully saturated rings. The normalized spacial score (nSPS) is 30.8. The van der Waals surface area contributed by atoms with Crippen LogP contribution in [-0.4, -0.2) is 5.78 Å². The second kappa shape index (κ2) is 4.29. The molecule has 1 heteroatoms. The molecule has 0 heterocycles. The maximum absolute atomic E-state index is 11.2. The van der Waals surface area contributed by atoms with Crippen molar-refractivity contribution in [3.8, 4) is 0 Å². The Morgan fingerprint density at radius 1 is 1.18 bits per heavy atom. The SMILES string of the molecule is CC(=O)c1ccc(CC2CC3CCC2C3)cc1. The molecule has 3 rings (SSSR count). The lowest BCUT2D eigenvalue weighted by molar-refractivity contribution is 0.101.